The van der Waals surface area contributed by atoms with Gasteiger partial charge in [-0.1, -0.05) is 18.2 Å². The standard InChI is InChI=1S/C18H27NO4/c1-17(2,22)10-12-23-18(3,4)9-11-19-16(21)15-8-6-5-7-14(15)13-20/h5-8,13,22H,9-12H2,1-4H3,(H,19,21). The van der Waals surface area contributed by atoms with Gasteiger partial charge in [0.15, 0.2) is 6.29 Å². The number of amides is 1. The third-order valence-corrected chi connectivity index (χ3v) is 3.55. The number of benzene rings is 1. The van der Waals surface area contributed by atoms with E-state index in [0.29, 0.717) is 43.4 Å². The summed E-state index contributed by atoms with van der Waals surface area (Å²) in [7, 11) is 0. The molecule has 0 fully saturated rings. The fraction of sp³-hybridized carbons (Fsp3) is 0.556. The molecule has 1 aromatic rings. The van der Waals surface area contributed by atoms with Gasteiger partial charge in [0.05, 0.1) is 17.8 Å². The summed E-state index contributed by atoms with van der Waals surface area (Å²) < 4.78 is 5.77. The third-order valence-electron chi connectivity index (χ3n) is 3.55. The molecule has 1 amide bonds. The average Bonchev–Trinajstić information content (AvgIpc) is 2.45. The van der Waals surface area contributed by atoms with Crippen LogP contribution >= 0.6 is 0 Å². The van der Waals surface area contributed by atoms with E-state index in [1.165, 1.54) is 0 Å². The first-order valence-electron chi connectivity index (χ1n) is 7.83. The van der Waals surface area contributed by atoms with Crippen LogP contribution in [0.5, 0.6) is 0 Å². The van der Waals surface area contributed by atoms with Crippen LogP contribution < -0.4 is 5.32 Å². The zero-order valence-electron chi connectivity index (χ0n) is 14.4. The lowest BCUT2D eigenvalue weighted by Crippen LogP contribution is -2.34. The van der Waals surface area contributed by atoms with Gasteiger partial charge in [0.2, 0.25) is 0 Å². The molecule has 1 aromatic carbocycles. The second kappa shape index (κ2) is 8.22. The molecule has 0 saturated carbocycles. The lowest BCUT2D eigenvalue weighted by Gasteiger charge is -2.27. The summed E-state index contributed by atoms with van der Waals surface area (Å²) in [6.45, 7) is 8.29. The lowest BCUT2D eigenvalue weighted by molar-refractivity contribution is -0.0492. The lowest BCUT2D eigenvalue weighted by atomic mass is 10.0. The Bertz CT molecular complexity index is 532. The second-order valence-electron chi connectivity index (χ2n) is 6.88. The van der Waals surface area contributed by atoms with E-state index in [-0.39, 0.29) is 5.91 Å². The largest absolute Gasteiger partial charge is 0.390 e. The summed E-state index contributed by atoms with van der Waals surface area (Å²) in [5, 5.41) is 12.5. The van der Waals surface area contributed by atoms with Crippen LogP contribution in [-0.2, 0) is 4.74 Å². The molecule has 0 bridgehead atoms. The molecule has 0 saturated heterocycles. The van der Waals surface area contributed by atoms with Crippen molar-refractivity contribution in [3.63, 3.8) is 0 Å². The molecule has 0 atom stereocenters. The van der Waals surface area contributed by atoms with E-state index < -0.39 is 11.2 Å². The maximum atomic E-state index is 12.1. The molecule has 0 heterocycles. The summed E-state index contributed by atoms with van der Waals surface area (Å²) >= 11 is 0. The molecular formula is C18H27NO4. The van der Waals surface area contributed by atoms with Crippen LogP contribution in [0.2, 0.25) is 0 Å². The van der Waals surface area contributed by atoms with E-state index in [1.54, 1.807) is 38.1 Å². The molecular weight excluding hydrogens is 294 g/mol. The molecule has 128 valence electrons. The van der Waals surface area contributed by atoms with Gasteiger partial charge in [0.1, 0.15) is 0 Å². The smallest absolute Gasteiger partial charge is 0.252 e. The van der Waals surface area contributed by atoms with Gasteiger partial charge in [-0.05, 0) is 46.6 Å². The number of carbonyl (C=O) groups is 2. The predicted octanol–water partition coefficient (Wildman–Crippen LogP) is 2.58. The van der Waals surface area contributed by atoms with E-state index in [9.17, 15) is 14.7 Å². The van der Waals surface area contributed by atoms with Crippen molar-refractivity contribution < 1.29 is 19.4 Å². The van der Waals surface area contributed by atoms with Gasteiger partial charge in [0, 0.05) is 17.7 Å². The molecule has 0 aliphatic rings. The van der Waals surface area contributed by atoms with Crippen LogP contribution in [0.15, 0.2) is 24.3 Å². The van der Waals surface area contributed by atoms with E-state index in [1.807, 2.05) is 13.8 Å². The van der Waals surface area contributed by atoms with Crippen LogP contribution in [0.3, 0.4) is 0 Å². The highest BCUT2D eigenvalue weighted by molar-refractivity contribution is 6.01. The number of carbonyl (C=O) groups excluding carboxylic acids is 2. The van der Waals surface area contributed by atoms with Crippen LogP contribution in [0, 0.1) is 0 Å². The molecule has 0 spiro atoms. The van der Waals surface area contributed by atoms with Gasteiger partial charge in [-0.3, -0.25) is 9.59 Å². The minimum absolute atomic E-state index is 0.264. The van der Waals surface area contributed by atoms with Crippen molar-refractivity contribution in [1.29, 1.82) is 0 Å². The summed E-state index contributed by atoms with van der Waals surface area (Å²) in [6, 6.07) is 6.70. The molecule has 1 rings (SSSR count). The first kappa shape index (κ1) is 19.3. The first-order valence-corrected chi connectivity index (χ1v) is 7.83. The summed E-state index contributed by atoms with van der Waals surface area (Å²) in [5.41, 5.74) is -0.389. The molecule has 0 aromatic heterocycles. The van der Waals surface area contributed by atoms with Gasteiger partial charge in [0.25, 0.3) is 5.91 Å². The zero-order chi connectivity index (χ0) is 17.5. The highest BCUT2D eigenvalue weighted by atomic mass is 16.5. The second-order valence-corrected chi connectivity index (χ2v) is 6.88. The predicted molar refractivity (Wildman–Crippen MR) is 89.7 cm³/mol. The Balaban J connectivity index is 2.43. The average molecular weight is 321 g/mol. The van der Waals surface area contributed by atoms with Crippen molar-refractivity contribution >= 4 is 12.2 Å². The van der Waals surface area contributed by atoms with Crippen molar-refractivity contribution in [2.24, 2.45) is 0 Å². The topological polar surface area (TPSA) is 75.6 Å². The number of hydrogen-bond acceptors (Lipinski definition) is 4. The van der Waals surface area contributed by atoms with Crippen molar-refractivity contribution in [3.8, 4) is 0 Å². The van der Waals surface area contributed by atoms with Gasteiger partial charge < -0.3 is 15.2 Å². The first-order chi connectivity index (χ1) is 10.6. The number of rotatable bonds is 9. The Morgan fingerprint density at radius 3 is 2.48 bits per heavy atom. The van der Waals surface area contributed by atoms with Crippen molar-refractivity contribution in [2.75, 3.05) is 13.2 Å². The fourth-order valence-corrected chi connectivity index (χ4v) is 2.03. The quantitative estimate of drug-likeness (QED) is 0.686. The zero-order valence-corrected chi connectivity index (χ0v) is 14.4. The minimum Gasteiger partial charge on any atom is -0.390 e. The third kappa shape index (κ3) is 7.39. The van der Waals surface area contributed by atoms with Gasteiger partial charge in [-0.25, -0.2) is 0 Å². The molecule has 0 unspecified atom stereocenters. The van der Waals surface area contributed by atoms with E-state index in [2.05, 4.69) is 5.32 Å². The maximum absolute atomic E-state index is 12.1. The molecule has 0 radical (unpaired) electrons. The summed E-state index contributed by atoms with van der Waals surface area (Å²) in [5.74, 6) is -0.264. The van der Waals surface area contributed by atoms with Gasteiger partial charge in [-0.2, -0.15) is 0 Å². The summed E-state index contributed by atoms with van der Waals surface area (Å²) in [6.07, 6.45) is 1.86. The molecule has 0 aliphatic heterocycles. The number of aldehydes is 1. The van der Waals surface area contributed by atoms with Crippen molar-refractivity contribution in [3.05, 3.63) is 35.4 Å². The molecule has 5 heteroatoms. The maximum Gasteiger partial charge on any atom is 0.252 e. The Hall–Kier alpha value is -1.72. The fourth-order valence-electron chi connectivity index (χ4n) is 2.03. The molecule has 2 N–H and O–H groups in total. The van der Waals surface area contributed by atoms with Crippen LogP contribution in [-0.4, -0.2) is 41.7 Å². The van der Waals surface area contributed by atoms with E-state index >= 15 is 0 Å². The number of hydrogen-bond donors (Lipinski definition) is 2. The molecule has 5 nitrogen and oxygen atoms in total. The number of aliphatic hydroxyl groups is 1. The Labute approximate surface area is 138 Å². The van der Waals surface area contributed by atoms with Crippen LogP contribution in [0.25, 0.3) is 0 Å². The van der Waals surface area contributed by atoms with Crippen molar-refractivity contribution in [2.45, 2.75) is 51.7 Å². The SMILES string of the molecule is CC(C)(O)CCOC(C)(C)CCNC(=O)c1ccccc1C=O. The number of nitrogens with one attached hydrogen (secondary N) is 1. The van der Waals surface area contributed by atoms with Crippen LogP contribution in [0.1, 0.15) is 61.3 Å². The Kier molecular flexibility index (Phi) is 6.91. The van der Waals surface area contributed by atoms with Gasteiger partial charge in [-0.15, -0.1) is 0 Å². The minimum atomic E-state index is -0.747. The Morgan fingerprint density at radius 1 is 1.22 bits per heavy atom. The normalized spacial score (nSPS) is 12.0. The monoisotopic (exact) mass is 321 g/mol. The highest BCUT2D eigenvalue weighted by Crippen LogP contribution is 2.17. The highest BCUT2D eigenvalue weighted by Gasteiger charge is 2.21. The van der Waals surface area contributed by atoms with E-state index in [0.717, 1.165) is 0 Å². The van der Waals surface area contributed by atoms with Gasteiger partial charge >= 0.3 is 0 Å². The van der Waals surface area contributed by atoms with Crippen molar-refractivity contribution in [1.82, 2.24) is 5.32 Å². The Morgan fingerprint density at radius 2 is 1.87 bits per heavy atom. The molecule has 23 heavy (non-hydrogen) atoms. The number of ether oxygens (including phenoxy) is 1. The molecule has 0 aliphatic carbocycles. The van der Waals surface area contributed by atoms with E-state index in [4.69, 9.17) is 4.74 Å². The van der Waals surface area contributed by atoms with Crippen LogP contribution in [0.4, 0.5) is 0 Å². The summed E-state index contributed by atoms with van der Waals surface area (Å²) in [4.78, 5) is 23.1.